The van der Waals surface area contributed by atoms with E-state index in [0.29, 0.717) is 0 Å². The highest BCUT2D eigenvalue weighted by Gasteiger charge is 2.12. The Morgan fingerprint density at radius 3 is 2.12 bits per heavy atom. The Bertz CT molecular complexity index is 421. The molecule has 0 aliphatic heterocycles. The SMILES string of the molecule is C=CCC.C=CCOS(=O)(=O)c1ccccc1. The molecule has 0 fully saturated rings. The Hall–Kier alpha value is -1.39. The van der Waals surface area contributed by atoms with Gasteiger partial charge in [-0.25, -0.2) is 0 Å². The first kappa shape index (κ1) is 15.6. The van der Waals surface area contributed by atoms with Gasteiger partial charge in [0.05, 0.1) is 11.5 Å². The molecule has 0 bridgehead atoms. The molecule has 0 amide bonds. The first-order valence-electron chi connectivity index (χ1n) is 5.24. The summed E-state index contributed by atoms with van der Waals surface area (Å²) < 4.78 is 27.3. The molecule has 1 aromatic carbocycles. The predicted octanol–water partition coefficient (Wildman–Crippen LogP) is 3.16. The Labute approximate surface area is 104 Å². The number of allylic oxidation sites excluding steroid dienone is 1. The third kappa shape index (κ3) is 6.71. The van der Waals surface area contributed by atoms with E-state index in [4.69, 9.17) is 0 Å². The molecule has 17 heavy (non-hydrogen) atoms. The van der Waals surface area contributed by atoms with Crippen LogP contribution in [0.25, 0.3) is 0 Å². The van der Waals surface area contributed by atoms with Crippen LogP contribution in [-0.4, -0.2) is 15.0 Å². The molecule has 0 unspecified atom stereocenters. The van der Waals surface area contributed by atoms with E-state index in [1.54, 1.807) is 18.2 Å². The van der Waals surface area contributed by atoms with E-state index in [0.717, 1.165) is 6.42 Å². The van der Waals surface area contributed by atoms with Crippen LogP contribution in [0.1, 0.15) is 13.3 Å². The normalized spacial score (nSPS) is 9.94. The van der Waals surface area contributed by atoms with Gasteiger partial charge < -0.3 is 0 Å². The predicted molar refractivity (Wildman–Crippen MR) is 70.3 cm³/mol. The van der Waals surface area contributed by atoms with E-state index >= 15 is 0 Å². The summed E-state index contributed by atoms with van der Waals surface area (Å²) in [4.78, 5) is 0.164. The van der Waals surface area contributed by atoms with Crippen molar-refractivity contribution in [1.82, 2.24) is 0 Å². The standard InChI is InChI=1S/C9H10O3S.C4H8/c1-2-8-12-13(10,11)9-6-4-3-5-7-9;1-3-4-2/h2-7H,1,8H2;3H,1,4H2,2H3. The second-order valence-corrected chi connectivity index (χ2v) is 4.65. The van der Waals surface area contributed by atoms with Crippen LogP contribution >= 0.6 is 0 Å². The monoisotopic (exact) mass is 254 g/mol. The van der Waals surface area contributed by atoms with Gasteiger partial charge >= 0.3 is 0 Å². The van der Waals surface area contributed by atoms with Crippen molar-refractivity contribution < 1.29 is 12.6 Å². The van der Waals surface area contributed by atoms with Crippen molar-refractivity contribution in [1.29, 1.82) is 0 Å². The molecule has 94 valence electrons. The van der Waals surface area contributed by atoms with Crippen LogP contribution in [0, 0.1) is 0 Å². The van der Waals surface area contributed by atoms with Crippen molar-refractivity contribution >= 4 is 10.1 Å². The number of hydrogen-bond acceptors (Lipinski definition) is 3. The first-order valence-corrected chi connectivity index (χ1v) is 6.65. The molecule has 0 heterocycles. The third-order valence-corrected chi connectivity index (χ3v) is 2.96. The highest BCUT2D eigenvalue weighted by atomic mass is 32.2. The summed E-state index contributed by atoms with van der Waals surface area (Å²) >= 11 is 0. The zero-order valence-corrected chi connectivity index (χ0v) is 10.8. The van der Waals surface area contributed by atoms with Crippen LogP contribution in [0.15, 0.2) is 60.5 Å². The van der Waals surface area contributed by atoms with Gasteiger partial charge in [-0.3, -0.25) is 4.18 Å². The molecular weight excluding hydrogens is 236 g/mol. The fraction of sp³-hybridized carbons (Fsp3) is 0.231. The molecule has 3 nitrogen and oxygen atoms in total. The van der Waals surface area contributed by atoms with Gasteiger partial charge in [-0.1, -0.05) is 37.3 Å². The summed E-state index contributed by atoms with van der Waals surface area (Å²) in [7, 11) is -3.59. The van der Waals surface area contributed by atoms with E-state index in [1.165, 1.54) is 18.2 Å². The molecule has 0 atom stereocenters. The fourth-order valence-electron chi connectivity index (χ4n) is 0.793. The molecule has 4 heteroatoms. The smallest absolute Gasteiger partial charge is 0.262 e. The number of rotatable bonds is 5. The molecule has 0 N–H and O–H groups in total. The average molecular weight is 254 g/mol. The van der Waals surface area contributed by atoms with Gasteiger partial charge in [-0.05, 0) is 18.6 Å². The largest absolute Gasteiger partial charge is 0.297 e. The lowest BCUT2D eigenvalue weighted by Crippen LogP contribution is -2.05. The van der Waals surface area contributed by atoms with Crippen LogP contribution in [0.2, 0.25) is 0 Å². The topological polar surface area (TPSA) is 43.4 Å². The fourth-order valence-corrected chi connectivity index (χ4v) is 1.69. The van der Waals surface area contributed by atoms with Crippen molar-refractivity contribution in [3.63, 3.8) is 0 Å². The van der Waals surface area contributed by atoms with Crippen LogP contribution < -0.4 is 0 Å². The maximum absolute atomic E-state index is 11.3. The van der Waals surface area contributed by atoms with E-state index in [2.05, 4.69) is 24.3 Å². The lowest BCUT2D eigenvalue weighted by molar-refractivity contribution is 0.357. The van der Waals surface area contributed by atoms with Gasteiger partial charge in [-0.2, -0.15) is 8.42 Å². The summed E-state index contributed by atoms with van der Waals surface area (Å²) in [5, 5.41) is 0. The summed E-state index contributed by atoms with van der Waals surface area (Å²) in [6, 6.07) is 8.00. The van der Waals surface area contributed by atoms with Crippen molar-refractivity contribution in [2.24, 2.45) is 0 Å². The number of hydrogen-bond donors (Lipinski definition) is 0. The summed E-state index contributed by atoms with van der Waals surface area (Å²) in [6.45, 7) is 8.91. The molecular formula is C13H18O3S. The molecule has 0 radical (unpaired) electrons. The molecule has 0 saturated carbocycles. The minimum Gasteiger partial charge on any atom is -0.262 e. The van der Waals surface area contributed by atoms with E-state index in [-0.39, 0.29) is 11.5 Å². The lowest BCUT2D eigenvalue weighted by Gasteiger charge is -2.01. The summed E-state index contributed by atoms with van der Waals surface area (Å²) in [6.07, 6.45) is 4.35. The maximum Gasteiger partial charge on any atom is 0.297 e. The minimum absolute atomic E-state index is 0.00275. The third-order valence-electron chi connectivity index (χ3n) is 1.66. The quantitative estimate of drug-likeness (QED) is 0.599. The first-order chi connectivity index (χ1) is 8.08. The average Bonchev–Trinajstić information content (AvgIpc) is 2.38. The highest BCUT2D eigenvalue weighted by Crippen LogP contribution is 2.10. The Morgan fingerprint density at radius 1 is 1.18 bits per heavy atom. The number of benzene rings is 1. The van der Waals surface area contributed by atoms with Crippen molar-refractivity contribution in [2.75, 3.05) is 6.61 Å². The van der Waals surface area contributed by atoms with Gasteiger partial charge in [0.1, 0.15) is 0 Å². The van der Waals surface area contributed by atoms with Crippen LogP contribution in [0.3, 0.4) is 0 Å². The van der Waals surface area contributed by atoms with Gasteiger partial charge in [0.15, 0.2) is 0 Å². The Balaban J connectivity index is 0.000000557. The van der Waals surface area contributed by atoms with Crippen molar-refractivity contribution in [3.8, 4) is 0 Å². The van der Waals surface area contributed by atoms with Crippen LogP contribution in [0.5, 0.6) is 0 Å². The second-order valence-electron chi connectivity index (χ2n) is 3.04. The second kappa shape index (κ2) is 8.73. The molecule has 0 aromatic heterocycles. The molecule has 0 aliphatic rings. The summed E-state index contributed by atoms with van der Waals surface area (Å²) in [5.41, 5.74) is 0. The molecule has 0 saturated heterocycles. The van der Waals surface area contributed by atoms with Crippen LogP contribution in [0.4, 0.5) is 0 Å². The molecule has 0 aliphatic carbocycles. The molecule has 0 spiro atoms. The Morgan fingerprint density at radius 2 is 1.71 bits per heavy atom. The maximum atomic E-state index is 11.3. The minimum atomic E-state index is -3.59. The zero-order chi connectivity index (χ0) is 13.1. The van der Waals surface area contributed by atoms with E-state index in [1.807, 2.05) is 6.08 Å². The van der Waals surface area contributed by atoms with Gasteiger partial charge in [0.2, 0.25) is 0 Å². The van der Waals surface area contributed by atoms with Crippen LogP contribution in [-0.2, 0) is 14.3 Å². The van der Waals surface area contributed by atoms with Gasteiger partial charge in [-0.15, -0.1) is 13.2 Å². The molecule has 1 aromatic rings. The summed E-state index contributed by atoms with van der Waals surface area (Å²) in [5.74, 6) is 0. The molecule has 1 rings (SSSR count). The van der Waals surface area contributed by atoms with E-state index < -0.39 is 10.1 Å². The zero-order valence-electron chi connectivity index (χ0n) is 10.0. The van der Waals surface area contributed by atoms with E-state index in [9.17, 15) is 8.42 Å². The van der Waals surface area contributed by atoms with Crippen molar-refractivity contribution in [3.05, 3.63) is 55.6 Å². The lowest BCUT2D eigenvalue weighted by atomic mass is 10.4. The van der Waals surface area contributed by atoms with Crippen molar-refractivity contribution in [2.45, 2.75) is 18.2 Å². The van der Waals surface area contributed by atoms with Gasteiger partial charge in [0.25, 0.3) is 10.1 Å². The Kier molecular flexibility index (Phi) is 8.01. The highest BCUT2D eigenvalue weighted by molar-refractivity contribution is 7.86. The van der Waals surface area contributed by atoms with Gasteiger partial charge in [0, 0.05) is 0 Å².